The Balaban J connectivity index is 1.39. The van der Waals surface area contributed by atoms with Crippen molar-refractivity contribution in [3.8, 4) is 11.3 Å². The number of benzene rings is 2. The number of furan rings is 1. The number of anilines is 2. The number of hydrogen-bond donors (Lipinski definition) is 1. The Hall–Kier alpha value is -2.77. The molecule has 2 saturated heterocycles. The van der Waals surface area contributed by atoms with Gasteiger partial charge >= 0.3 is 0 Å². The summed E-state index contributed by atoms with van der Waals surface area (Å²) in [5.41, 5.74) is 3.53. The van der Waals surface area contributed by atoms with Crippen molar-refractivity contribution in [1.82, 2.24) is 10.3 Å². The monoisotopic (exact) mass is 596 g/mol. The summed E-state index contributed by atoms with van der Waals surface area (Å²) in [5.74, 6) is 2.09. The minimum atomic E-state index is -0.308. The van der Waals surface area contributed by atoms with Crippen molar-refractivity contribution in [2.75, 3.05) is 22.9 Å². The zero-order valence-electron chi connectivity index (χ0n) is 21.3. The minimum absolute atomic E-state index is 0.241. The van der Waals surface area contributed by atoms with Crippen LogP contribution in [0.15, 0.2) is 77.3 Å². The van der Waals surface area contributed by atoms with Crippen LogP contribution in [0.3, 0.4) is 0 Å². The highest BCUT2D eigenvalue weighted by Gasteiger charge is 2.43. The Bertz CT molecular complexity index is 1500. The number of thiocarbonyl (C=S) groups is 1. The topological polar surface area (TPSA) is 44.5 Å². The molecule has 200 valence electrons. The second-order valence-electron chi connectivity index (χ2n) is 10.1. The third kappa shape index (κ3) is 5.11. The number of nitrogens with zero attached hydrogens (tertiary/aromatic N) is 3. The molecule has 4 heterocycles. The molecule has 0 bridgehead atoms. The average Bonchev–Trinajstić information content (AvgIpc) is 3.56. The molecular weight excluding hydrogens is 571 g/mol. The normalized spacial score (nSPS) is 19.9. The van der Waals surface area contributed by atoms with Gasteiger partial charge in [-0.3, -0.25) is 4.98 Å². The van der Waals surface area contributed by atoms with Crippen molar-refractivity contribution < 1.29 is 4.42 Å². The standard InChI is InChI=1S/C30H27Cl3N4OS/c1-18-12-15-36(16-13-18)24-9-8-19(17-22(24)32)37-29(28(35-30(37)39)23-7-2-3-14-34-23)26-11-10-25(38-26)20-5-4-6-21(31)27(20)33/h2-11,14,17-18,28-29H,12-13,15-16H2,1H3,(H,35,39)/t28-,29+/m0/s1. The van der Waals surface area contributed by atoms with Crippen LogP contribution in [0, 0.1) is 5.92 Å². The first-order chi connectivity index (χ1) is 18.9. The lowest BCUT2D eigenvalue weighted by atomic mass is 9.98. The van der Waals surface area contributed by atoms with Gasteiger partial charge in [0, 0.05) is 30.5 Å². The molecule has 0 unspecified atom stereocenters. The molecule has 2 atom stereocenters. The molecule has 2 aromatic carbocycles. The predicted octanol–water partition coefficient (Wildman–Crippen LogP) is 8.72. The van der Waals surface area contributed by atoms with Crippen LogP contribution in [-0.2, 0) is 0 Å². The molecule has 2 fully saturated rings. The molecule has 0 amide bonds. The van der Waals surface area contributed by atoms with E-state index in [0.717, 1.165) is 41.6 Å². The van der Waals surface area contributed by atoms with Gasteiger partial charge in [-0.25, -0.2) is 0 Å². The second-order valence-corrected chi connectivity index (χ2v) is 11.7. The largest absolute Gasteiger partial charge is 0.459 e. The predicted molar refractivity (Wildman–Crippen MR) is 164 cm³/mol. The first-order valence-corrected chi connectivity index (χ1v) is 14.5. The molecular formula is C30H27Cl3N4OS. The summed E-state index contributed by atoms with van der Waals surface area (Å²) in [6, 6.07) is 20.9. The van der Waals surface area contributed by atoms with Crippen molar-refractivity contribution in [3.05, 3.63) is 99.4 Å². The molecule has 2 aromatic heterocycles. The summed E-state index contributed by atoms with van der Waals surface area (Å²) in [6.07, 6.45) is 4.12. The fourth-order valence-corrected chi connectivity index (χ4v) is 6.46. The van der Waals surface area contributed by atoms with Crippen molar-refractivity contribution >= 4 is 63.5 Å². The number of rotatable bonds is 5. The van der Waals surface area contributed by atoms with E-state index in [2.05, 4.69) is 39.2 Å². The van der Waals surface area contributed by atoms with E-state index < -0.39 is 0 Å². The highest BCUT2D eigenvalue weighted by Crippen LogP contribution is 2.45. The number of pyridine rings is 1. The van der Waals surface area contributed by atoms with Gasteiger partial charge in [0.15, 0.2) is 5.11 Å². The molecule has 9 heteroatoms. The zero-order valence-corrected chi connectivity index (χ0v) is 24.4. The quantitative estimate of drug-likeness (QED) is 0.232. The number of hydrogen-bond acceptors (Lipinski definition) is 4. The molecule has 0 radical (unpaired) electrons. The molecule has 6 rings (SSSR count). The van der Waals surface area contributed by atoms with E-state index in [9.17, 15) is 0 Å². The van der Waals surface area contributed by atoms with Gasteiger partial charge in [-0.2, -0.15) is 0 Å². The van der Waals surface area contributed by atoms with E-state index in [1.54, 1.807) is 12.3 Å². The van der Waals surface area contributed by atoms with Gasteiger partial charge < -0.3 is 19.5 Å². The summed E-state index contributed by atoms with van der Waals surface area (Å²) >= 11 is 25.6. The maximum atomic E-state index is 6.89. The fourth-order valence-electron chi connectivity index (χ4n) is 5.42. The van der Waals surface area contributed by atoms with Crippen LogP contribution in [0.25, 0.3) is 11.3 Å². The van der Waals surface area contributed by atoms with Crippen molar-refractivity contribution in [1.29, 1.82) is 0 Å². The summed E-state index contributed by atoms with van der Waals surface area (Å²) in [5, 5.41) is 5.68. The van der Waals surface area contributed by atoms with E-state index in [0.29, 0.717) is 31.7 Å². The van der Waals surface area contributed by atoms with Crippen LogP contribution >= 0.6 is 47.0 Å². The average molecular weight is 598 g/mol. The Kier molecular flexibility index (Phi) is 7.47. The molecule has 0 spiro atoms. The highest BCUT2D eigenvalue weighted by molar-refractivity contribution is 7.80. The maximum absolute atomic E-state index is 6.89. The van der Waals surface area contributed by atoms with Gasteiger partial charge in [0.25, 0.3) is 0 Å². The van der Waals surface area contributed by atoms with Gasteiger partial charge in [-0.1, -0.05) is 53.9 Å². The fraction of sp³-hybridized carbons (Fsp3) is 0.267. The van der Waals surface area contributed by atoms with Gasteiger partial charge in [-0.05, 0) is 85.6 Å². The smallest absolute Gasteiger partial charge is 0.174 e. The maximum Gasteiger partial charge on any atom is 0.174 e. The summed E-state index contributed by atoms with van der Waals surface area (Å²) < 4.78 is 6.45. The minimum Gasteiger partial charge on any atom is -0.459 e. The Labute approximate surface area is 248 Å². The summed E-state index contributed by atoms with van der Waals surface area (Å²) in [4.78, 5) is 9.06. The Morgan fingerprint density at radius 1 is 0.949 bits per heavy atom. The second kappa shape index (κ2) is 11.0. The highest BCUT2D eigenvalue weighted by atomic mass is 35.5. The van der Waals surface area contributed by atoms with Crippen LogP contribution in [-0.4, -0.2) is 23.2 Å². The van der Waals surface area contributed by atoms with Crippen LogP contribution in [0.1, 0.15) is 43.3 Å². The number of piperidine rings is 1. The number of aromatic nitrogens is 1. The summed E-state index contributed by atoms with van der Waals surface area (Å²) in [7, 11) is 0. The van der Waals surface area contributed by atoms with E-state index in [4.69, 9.17) is 51.4 Å². The van der Waals surface area contributed by atoms with E-state index >= 15 is 0 Å². The van der Waals surface area contributed by atoms with Crippen LogP contribution in [0.2, 0.25) is 15.1 Å². The molecule has 1 N–H and O–H groups in total. The molecule has 2 aliphatic heterocycles. The van der Waals surface area contributed by atoms with Gasteiger partial charge in [0.05, 0.1) is 32.5 Å². The molecule has 4 aromatic rings. The summed E-state index contributed by atoms with van der Waals surface area (Å²) in [6.45, 7) is 4.33. The van der Waals surface area contributed by atoms with Crippen LogP contribution in [0.5, 0.6) is 0 Å². The molecule has 5 nitrogen and oxygen atoms in total. The molecule has 0 aliphatic carbocycles. The van der Waals surface area contributed by atoms with Crippen molar-refractivity contribution in [2.24, 2.45) is 5.92 Å². The van der Waals surface area contributed by atoms with Crippen molar-refractivity contribution in [2.45, 2.75) is 31.8 Å². The van der Waals surface area contributed by atoms with Crippen LogP contribution in [0.4, 0.5) is 11.4 Å². The van der Waals surface area contributed by atoms with E-state index in [1.165, 1.54) is 12.8 Å². The number of nitrogens with one attached hydrogen (secondary N) is 1. The first-order valence-electron chi connectivity index (χ1n) is 13.0. The van der Waals surface area contributed by atoms with E-state index in [1.807, 2.05) is 48.5 Å². The van der Waals surface area contributed by atoms with Crippen molar-refractivity contribution in [3.63, 3.8) is 0 Å². The third-order valence-electron chi connectivity index (χ3n) is 7.57. The lowest BCUT2D eigenvalue weighted by molar-refractivity contribution is 0.438. The van der Waals surface area contributed by atoms with Crippen LogP contribution < -0.4 is 15.1 Å². The molecule has 2 aliphatic rings. The Morgan fingerprint density at radius 3 is 2.51 bits per heavy atom. The SMILES string of the molecule is CC1CCN(c2ccc(N3C(=S)N[C@@H](c4ccccn4)[C@H]3c3ccc(-c4cccc(Cl)c4Cl)o3)cc2Cl)CC1. The molecule has 39 heavy (non-hydrogen) atoms. The van der Waals surface area contributed by atoms with E-state index in [-0.39, 0.29) is 12.1 Å². The number of halogens is 3. The van der Waals surface area contributed by atoms with Gasteiger partial charge in [0.2, 0.25) is 0 Å². The zero-order chi connectivity index (χ0) is 27.1. The third-order valence-corrected chi connectivity index (χ3v) is 9.00. The van der Waals surface area contributed by atoms with Gasteiger partial charge in [0.1, 0.15) is 17.6 Å². The lowest BCUT2D eigenvalue weighted by Gasteiger charge is -2.33. The van der Waals surface area contributed by atoms with Gasteiger partial charge in [-0.15, -0.1) is 0 Å². The Morgan fingerprint density at radius 2 is 1.77 bits per heavy atom. The lowest BCUT2D eigenvalue weighted by Crippen LogP contribution is -2.33. The molecule has 0 saturated carbocycles. The first kappa shape index (κ1) is 26.5.